The van der Waals surface area contributed by atoms with E-state index in [1.165, 1.54) is 4.90 Å². The van der Waals surface area contributed by atoms with E-state index in [4.69, 9.17) is 11.6 Å². The Labute approximate surface area is 161 Å². The van der Waals surface area contributed by atoms with Gasteiger partial charge in [-0.3, -0.25) is 0 Å². The standard InChI is InChI=1S/C15H12BrClF2N.Y/c1-9-3-6-14(20(10(9)2)8-15(18)19)12-5-4-11(16)7-13(12)17;/h3-5,7,15H,2,8H2,1H3;/q-1;. The summed E-state index contributed by atoms with van der Waals surface area (Å²) in [7, 11) is 0. The average Bonchev–Trinajstić information content (AvgIpc) is 2.36. The van der Waals surface area contributed by atoms with Crippen molar-refractivity contribution in [2.24, 2.45) is 0 Å². The quantitative estimate of drug-likeness (QED) is 0.569. The van der Waals surface area contributed by atoms with E-state index in [0.29, 0.717) is 22.0 Å². The van der Waals surface area contributed by atoms with Gasteiger partial charge in [0.05, 0.1) is 6.54 Å². The Morgan fingerprint density at radius 2 is 2.10 bits per heavy atom. The van der Waals surface area contributed by atoms with Crippen molar-refractivity contribution in [2.75, 3.05) is 6.54 Å². The van der Waals surface area contributed by atoms with Gasteiger partial charge in [0.2, 0.25) is 0 Å². The van der Waals surface area contributed by atoms with E-state index >= 15 is 0 Å². The molecule has 0 aliphatic carbocycles. The maximum absolute atomic E-state index is 12.8. The van der Waals surface area contributed by atoms with Crippen LogP contribution in [0.25, 0.3) is 5.70 Å². The second-order valence-electron chi connectivity index (χ2n) is 4.39. The molecular formula is C15H12BrClF2NY-. The van der Waals surface area contributed by atoms with E-state index < -0.39 is 13.0 Å². The monoisotopic (exact) mass is 447 g/mol. The van der Waals surface area contributed by atoms with Crippen molar-refractivity contribution in [3.05, 3.63) is 63.3 Å². The normalized spacial score (nSPS) is 14.8. The second-order valence-corrected chi connectivity index (χ2v) is 5.72. The Kier molecular flexibility index (Phi) is 7.25. The third-order valence-corrected chi connectivity index (χ3v) is 3.79. The molecule has 0 unspecified atom stereocenters. The third kappa shape index (κ3) is 4.47. The number of rotatable bonds is 3. The van der Waals surface area contributed by atoms with E-state index in [9.17, 15) is 8.78 Å². The second kappa shape index (κ2) is 8.00. The molecule has 1 aromatic rings. The number of allylic oxidation sites excluding steroid dienone is 3. The average molecular weight is 449 g/mol. The molecule has 0 spiro atoms. The molecule has 109 valence electrons. The summed E-state index contributed by atoms with van der Waals surface area (Å²) < 4.78 is 26.4. The van der Waals surface area contributed by atoms with E-state index in [1.54, 1.807) is 18.2 Å². The molecule has 0 amide bonds. The van der Waals surface area contributed by atoms with E-state index in [-0.39, 0.29) is 32.7 Å². The maximum Gasteiger partial charge on any atom is 0.256 e. The largest absolute Gasteiger partial charge is 0.370 e. The van der Waals surface area contributed by atoms with Crippen LogP contribution in [0.5, 0.6) is 0 Å². The fourth-order valence-electron chi connectivity index (χ4n) is 1.93. The van der Waals surface area contributed by atoms with Gasteiger partial charge in [-0.1, -0.05) is 58.4 Å². The van der Waals surface area contributed by atoms with Crippen LogP contribution in [-0.2, 0) is 32.7 Å². The smallest absolute Gasteiger partial charge is 0.256 e. The molecule has 1 aliphatic heterocycles. The van der Waals surface area contributed by atoms with Crippen LogP contribution in [0.4, 0.5) is 8.78 Å². The summed E-state index contributed by atoms with van der Waals surface area (Å²) in [6.07, 6.45) is 2.28. The number of benzene rings is 1. The molecule has 1 aromatic carbocycles. The molecule has 1 nitrogen and oxygen atoms in total. The molecule has 0 bridgehead atoms. The topological polar surface area (TPSA) is 3.24 Å². The van der Waals surface area contributed by atoms with Crippen LogP contribution in [0, 0.1) is 6.08 Å². The molecule has 2 rings (SSSR count). The minimum atomic E-state index is -2.47. The first-order chi connectivity index (χ1) is 9.40. The first-order valence-electron chi connectivity index (χ1n) is 5.91. The van der Waals surface area contributed by atoms with Gasteiger partial charge >= 0.3 is 0 Å². The van der Waals surface area contributed by atoms with Crippen molar-refractivity contribution < 1.29 is 41.5 Å². The van der Waals surface area contributed by atoms with Gasteiger partial charge in [-0.15, -0.1) is 11.6 Å². The van der Waals surface area contributed by atoms with Crippen LogP contribution in [0.1, 0.15) is 12.5 Å². The third-order valence-electron chi connectivity index (χ3n) is 2.98. The Hall–Kier alpha value is -0.0261. The summed E-state index contributed by atoms with van der Waals surface area (Å²) in [5.41, 5.74) is 2.51. The van der Waals surface area contributed by atoms with Crippen molar-refractivity contribution in [2.45, 2.75) is 13.3 Å². The predicted octanol–water partition coefficient (Wildman–Crippen LogP) is 5.28. The molecule has 1 aliphatic rings. The van der Waals surface area contributed by atoms with E-state index in [1.807, 2.05) is 13.0 Å². The summed E-state index contributed by atoms with van der Waals surface area (Å²) in [6, 6.07) is 5.31. The summed E-state index contributed by atoms with van der Waals surface area (Å²) >= 11 is 9.51. The van der Waals surface area contributed by atoms with E-state index in [2.05, 4.69) is 28.6 Å². The summed E-state index contributed by atoms with van der Waals surface area (Å²) in [6.45, 7) is 5.25. The van der Waals surface area contributed by atoms with Crippen molar-refractivity contribution in [3.8, 4) is 0 Å². The summed E-state index contributed by atoms with van der Waals surface area (Å²) in [5.74, 6) is 0. The Bertz CT molecular complexity index is 614. The molecular weight excluding hydrogens is 436 g/mol. The molecule has 0 saturated carbocycles. The first kappa shape index (κ1) is 19.0. The molecule has 0 aromatic heterocycles. The zero-order valence-electron chi connectivity index (χ0n) is 11.3. The molecule has 21 heavy (non-hydrogen) atoms. The zero-order valence-corrected chi connectivity index (χ0v) is 16.5. The Morgan fingerprint density at radius 3 is 2.67 bits per heavy atom. The van der Waals surface area contributed by atoms with Gasteiger partial charge in [0.15, 0.2) is 0 Å². The van der Waals surface area contributed by atoms with Gasteiger partial charge in [0, 0.05) is 37.2 Å². The summed E-state index contributed by atoms with van der Waals surface area (Å²) in [5, 5.41) is 0.474. The Balaban J connectivity index is 0.00000220. The van der Waals surface area contributed by atoms with Crippen LogP contribution < -0.4 is 0 Å². The van der Waals surface area contributed by atoms with E-state index in [0.717, 1.165) is 10.0 Å². The maximum atomic E-state index is 12.8. The van der Waals surface area contributed by atoms with Crippen molar-refractivity contribution in [1.82, 2.24) is 4.90 Å². The van der Waals surface area contributed by atoms with Gasteiger partial charge in [-0.25, -0.2) is 8.78 Å². The van der Waals surface area contributed by atoms with Crippen LogP contribution >= 0.6 is 27.5 Å². The number of halogens is 4. The summed E-state index contributed by atoms with van der Waals surface area (Å²) in [4.78, 5) is 1.45. The van der Waals surface area contributed by atoms with Crippen LogP contribution in [-0.4, -0.2) is 17.9 Å². The molecule has 1 heterocycles. The molecule has 6 heteroatoms. The minimum Gasteiger partial charge on any atom is -0.370 e. The molecule has 1 radical (unpaired) electrons. The van der Waals surface area contributed by atoms with Gasteiger partial charge in [-0.05, 0) is 16.8 Å². The van der Waals surface area contributed by atoms with Crippen LogP contribution in [0.3, 0.4) is 0 Å². The van der Waals surface area contributed by atoms with Gasteiger partial charge in [0.25, 0.3) is 6.43 Å². The van der Waals surface area contributed by atoms with Crippen LogP contribution in [0.2, 0.25) is 5.02 Å². The van der Waals surface area contributed by atoms with Gasteiger partial charge in [-0.2, -0.15) is 12.2 Å². The van der Waals surface area contributed by atoms with Crippen molar-refractivity contribution in [1.29, 1.82) is 0 Å². The van der Waals surface area contributed by atoms with Crippen molar-refractivity contribution in [3.63, 3.8) is 0 Å². The molecule has 0 saturated heterocycles. The number of nitrogens with zero attached hydrogens (tertiary/aromatic N) is 1. The molecule has 0 fully saturated rings. The van der Waals surface area contributed by atoms with Crippen LogP contribution in [0.15, 0.2) is 46.6 Å². The first-order valence-corrected chi connectivity index (χ1v) is 7.08. The Morgan fingerprint density at radius 1 is 1.43 bits per heavy atom. The van der Waals surface area contributed by atoms with Gasteiger partial charge < -0.3 is 4.90 Å². The fraction of sp³-hybridized carbons (Fsp3) is 0.200. The number of hydrogen-bond acceptors (Lipinski definition) is 1. The number of alkyl halides is 2. The van der Waals surface area contributed by atoms with Gasteiger partial charge in [0.1, 0.15) is 0 Å². The zero-order chi connectivity index (χ0) is 14.9. The minimum absolute atomic E-state index is 0. The molecule has 0 atom stereocenters. The fourth-order valence-corrected chi connectivity index (χ4v) is 2.69. The van der Waals surface area contributed by atoms with Crippen molar-refractivity contribution >= 4 is 33.2 Å². The number of hydrogen-bond donors (Lipinski definition) is 0. The predicted molar refractivity (Wildman–Crippen MR) is 81.4 cm³/mol. The SMILES string of the molecule is C=C1C(C)=C[C-]=C(c2ccc(Br)cc2Cl)N1CC(F)F.[Y]. The molecule has 0 N–H and O–H groups in total.